The highest BCUT2D eigenvalue weighted by molar-refractivity contribution is 9.10. The van der Waals surface area contributed by atoms with E-state index in [1.807, 2.05) is 42.5 Å². The first-order chi connectivity index (χ1) is 9.15. The van der Waals surface area contributed by atoms with E-state index in [0.717, 1.165) is 20.9 Å². The number of benzene rings is 2. The summed E-state index contributed by atoms with van der Waals surface area (Å²) in [5.41, 5.74) is 6.27. The average molecular weight is 359 g/mol. The number of halogens is 2. The lowest BCUT2D eigenvalue weighted by Gasteiger charge is -2.07. The van der Waals surface area contributed by atoms with E-state index >= 15 is 0 Å². The molecule has 0 aliphatic carbocycles. The molecule has 100 valence electrons. The first kappa shape index (κ1) is 14.6. The van der Waals surface area contributed by atoms with Gasteiger partial charge in [-0.3, -0.25) is 0 Å². The van der Waals surface area contributed by atoms with Crippen molar-refractivity contribution in [2.75, 3.05) is 18.1 Å². The Morgan fingerprint density at radius 1 is 1.16 bits per heavy atom. The standard InChI is InChI=1S/C14H13BrClNOS/c15-10-1-3-11(4-2-10)18-7-8-19-12-5-6-14(17)13(16)9-12/h1-6,9H,7-8,17H2. The van der Waals surface area contributed by atoms with Crippen molar-refractivity contribution in [2.45, 2.75) is 4.90 Å². The second-order valence-corrected chi connectivity index (χ2v) is 6.33. The van der Waals surface area contributed by atoms with Crippen LogP contribution in [0.5, 0.6) is 5.75 Å². The molecular formula is C14H13BrClNOS. The number of nitrogens with two attached hydrogens (primary N) is 1. The van der Waals surface area contributed by atoms with Gasteiger partial charge in [0.1, 0.15) is 5.75 Å². The lowest BCUT2D eigenvalue weighted by molar-refractivity contribution is 0.344. The molecule has 0 unspecified atom stereocenters. The SMILES string of the molecule is Nc1ccc(SCCOc2ccc(Br)cc2)cc1Cl. The van der Waals surface area contributed by atoms with Crippen molar-refractivity contribution in [1.29, 1.82) is 0 Å². The Labute approximate surface area is 130 Å². The first-order valence-electron chi connectivity index (χ1n) is 5.71. The van der Waals surface area contributed by atoms with E-state index < -0.39 is 0 Å². The Kier molecular flexibility index (Phi) is 5.43. The summed E-state index contributed by atoms with van der Waals surface area (Å²) < 4.78 is 6.68. The molecule has 0 radical (unpaired) electrons. The third kappa shape index (κ3) is 4.64. The summed E-state index contributed by atoms with van der Waals surface area (Å²) >= 11 is 11.0. The monoisotopic (exact) mass is 357 g/mol. The molecule has 0 aliphatic heterocycles. The number of rotatable bonds is 5. The number of hydrogen-bond acceptors (Lipinski definition) is 3. The van der Waals surface area contributed by atoms with Crippen LogP contribution in [0, 0.1) is 0 Å². The normalized spacial score (nSPS) is 10.4. The smallest absolute Gasteiger partial charge is 0.119 e. The summed E-state index contributed by atoms with van der Waals surface area (Å²) in [5, 5.41) is 0.596. The number of thioether (sulfide) groups is 1. The third-order valence-electron chi connectivity index (χ3n) is 2.41. The summed E-state index contributed by atoms with van der Waals surface area (Å²) in [5.74, 6) is 1.73. The molecule has 0 fully saturated rings. The largest absolute Gasteiger partial charge is 0.493 e. The van der Waals surface area contributed by atoms with Crippen LogP contribution in [0.2, 0.25) is 5.02 Å². The molecule has 0 amide bonds. The highest BCUT2D eigenvalue weighted by Crippen LogP contribution is 2.26. The zero-order valence-electron chi connectivity index (χ0n) is 10.1. The predicted molar refractivity (Wildman–Crippen MR) is 86.2 cm³/mol. The molecule has 2 nitrogen and oxygen atoms in total. The quantitative estimate of drug-likeness (QED) is 0.471. The van der Waals surface area contributed by atoms with E-state index in [1.54, 1.807) is 11.8 Å². The molecule has 0 saturated heterocycles. The Morgan fingerprint density at radius 3 is 2.58 bits per heavy atom. The zero-order valence-corrected chi connectivity index (χ0v) is 13.3. The van der Waals surface area contributed by atoms with E-state index in [9.17, 15) is 0 Å². The molecule has 2 rings (SSSR count). The molecule has 0 heterocycles. The third-order valence-corrected chi connectivity index (χ3v) is 4.22. The van der Waals surface area contributed by atoms with Crippen LogP contribution in [0.25, 0.3) is 0 Å². The highest BCUT2D eigenvalue weighted by Gasteiger charge is 2.00. The summed E-state index contributed by atoms with van der Waals surface area (Å²) in [7, 11) is 0. The maximum atomic E-state index is 5.96. The van der Waals surface area contributed by atoms with Crippen molar-refractivity contribution in [2.24, 2.45) is 0 Å². The second-order valence-electron chi connectivity index (χ2n) is 3.83. The fraction of sp³-hybridized carbons (Fsp3) is 0.143. The topological polar surface area (TPSA) is 35.2 Å². The maximum absolute atomic E-state index is 5.96. The van der Waals surface area contributed by atoms with Gasteiger partial charge in [-0.25, -0.2) is 0 Å². The van der Waals surface area contributed by atoms with Crippen LogP contribution in [0.1, 0.15) is 0 Å². The Hall–Kier alpha value is -0.840. The van der Waals surface area contributed by atoms with Crippen molar-refractivity contribution in [1.82, 2.24) is 0 Å². The van der Waals surface area contributed by atoms with E-state index in [1.165, 1.54) is 0 Å². The average Bonchev–Trinajstić information content (AvgIpc) is 2.41. The molecular weight excluding hydrogens is 346 g/mol. The van der Waals surface area contributed by atoms with Crippen LogP contribution >= 0.6 is 39.3 Å². The van der Waals surface area contributed by atoms with Gasteiger partial charge in [0, 0.05) is 15.1 Å². The molecule has 19 heavy (non-hydrogen) atoms. The van der Waals surface area contributed by atoms with Crippen LogP contribution in [0.15, 0.2) is 51.8 Å². The molecule has 0 bridgehead atoms. The van der Waals surface area contributed by atoms with Gasteiger partial charge in [-0.1, -0.05) is 27.5 Å². The van der Waals surface area contributed by atoms with Gasteiger partial charge in [0.15, 0.2) is 0 Å². The van der Waals surface area contributed by atoms with Gasteiger partial charge in [-0.05, 0) is 42.5 Å². The zero-order chi connectivity index (χ0) is 13.7. The molecule has 0 atom stereocenters. The fourth-order valence-electron chi connectivity index (χ4n) is 1.45. The van der Waals surface area contributed by atoms with Crippen LogP contribution < -0.4 is 10.5 Å². The van der Waals surface area contributed by atoms with Crippen molar-refractivity contribution in [3.8, 4) is 5.75 Å². The van der Waals surface area contributed by atoms with Gasteiger partial charge in [-0.15, -0.1) is 11.8 Å². The van der Waals surface area contributed by atoms with Gasteiger partial charge in [0.05, 0.1) is 17.3 Å². The maximum Gasteiger partial charge on any atom is 0.119 e. The number of hydrogen-bond donors (Lipinski definition) is 1. The minimum atomic E-state index is 0.596. The van der Waals surface area contributed by atoms with E-state index in [-0.39, 0.29) is 0 Å². The van der Waals surface area contributed by atoms with Crippen molar-refractivity contribution >= 4 is 45.0 Å². The van der Waals surface area contributed by atoms with Gasteiger partial charge in [0.2, 0.25) is 0 Å². The molecule has 2 aromatic carbocycles. The molecule has 0 aromatic heterocycles. The summed E-state index contributed by atoms with van der Waals surface area (Å²) in [6.07, 6.45) is 0. The molecule has 0 spiro atoms. The highest BCUT2D eigenvalue weighted by atomic mass is 79.9. The summed E-state index contributed by atoms with van der Waals surface area (Å²) in [4.78, 5) is 1.10. The minimum absolute atomic E-state index is 0.596. The van der Waals surface area contributed by atoms with Gasteiger partial charge in [0.25, 0.3) is 0 Å². The van der Waals surface area contributed by atoms with Crippen LogP contribution in [0.4, 0.5) is 5.69 Å². The predicted octanol–water partition coefficient (Wildman–Crippen LogP) is 4.86. The van der Waals surface area contributed by atoms with E-state index in [0.29, 0.717) is 17.3 Å². The fourth-order valence-corrected chi connectivity index (χ4v) is 2.72. The molecule has 0 aliphatic rings. The number of nitrogen functional groups attached to an aromatic ring is 1. The second kappa shape index (κ2) is 7.08. The van der Waals surface area contributed by atoms with Crippen molar-refractivity contribution < 1.29 is 4.74 Å². The number of ether oxygens (including phenoxy) is 1. The summed E-state index contributed by atoms with van der Waals surface area (Å²) in [6, 6.07) is 13.5. The lowest BCUT2D eigenvalue weighted by Crippen LogP contribution is -1.99. The van der Waals surface area contributed by atoms with E-state index in [4.69, 9.17) is 22.1 Å². The van der Waals surface area contributed by atoms with Gasteiger partial charge in [-0.2, -0.15) is 0 Å². The van der Waals surface area contributed by atoms with Crippen LogP contribution in [-0.4, -0.2) is 12.4 Å². The summed E-state index contributed by atoms with van der Waals surface area (Å²) in [6.45, 7) is 0.647. The van der Waals surface area contributed by atoms with Gasteiger partial charge < -0.3 is 10.5 Å². The van der Waals surface area contributed by atoms with Crippen LogP contribution in [0.3, 0.4) is 0 Å². The molecule has 5 heteroatoms. The lowest BCUT2D eigenvalue weighted by atomic mass is 10.3. The Balaban J connectivity index is 1.77. The molecule has 2 N–H and O–H groups in total. The van der Waals surface area contributed by atoms with Gasteiger partial charge >= 0.3 is 0 Å². The first-order valence-corrected chi connectivity index (χ1v) is 7.87. The van der Waals surface area contributed by atoms with Crippen molar-refractivity contribution in [3.05, 3.63) is 52.0 Å². The minimum Gasteiger partial charge on any atom is -0.493 e. The number of anilines is 1. The Bertz CT molecular complexity index is 548. The molecule has 0 saturated carbocycles. The Morgan fingerprint density at radius 2 is 1.89 bits per heavy atom. The van der Waals surface area contributed by atoms with Crippen LogP contribution in [-0.2, 0) is 0 Å². The molecule has 2 aromatic rings. The van der Waals surface area contributed by atoms with E-state index in [2.05, 4.69) is 15.9 Å². The van der Waals surface area contributed by atoms with Crippen molar-refractivity contribution in [3.63, 3.8) is 0 Å².